The van der Waals surface area contributed by atoms with Crippen LogP contribution >= 0.6 is 0 Å². The number of nitrogens with one attached hydrogen (secondary N) is 1. The van der Waals surface area contributed by atoms with Crippen molar-refractivity contribution >= 4 is 12.2 Å². The highest BCUT2D eigenvalue weighted by Crippen LogP contribution is 2.02. The van der Waals surface area contributed by atoms with E-state index in [9.17, 15) is 9.59 Å². The number of hydrogen-bond acceptors (Lipinski definition) is 4. The lowest BCUT2D eigenvalue weighted by Crippen LogP contribution is -2.33. The van der Waals surface area contributed by atoms with E-state index in [1.165, 1.54) is 6.08 Å². The summed E-state index contributed by atoms with van der Waals surface area (Å²) in [7, 11) is 0. The lowest BCUT2D eigenvalue weighted by molar-refractivity contribution is 0.135. The molecule has 0 heterocycles. The van der Waals surface area contributed by atoms with Gasteiger partial charge in [0.1, 0.15) is 12.8 Å². The quantitative estimate of drug-likeness (QED) is 0.620. The molecule has 0 fully saturated rings. The molecular weight excluding hydrogens is 232 g/mol. The molecule has 96 valence electrons. The Bertz CT molecular complexity index is 414. The number of hydrogen-bond donors (Lipinski definition) is 1. The van der Waals surface area contributed by atoms with Crippen LogP contribution in [-0.4, -0.2) is 18.3 Å². The molecule has 1 aromatic rings. The Morgan fingerprint density at radius 1 is 1.44 bits per heavy atom. The van der Waals surface area contributed by atoms with Crippen LogP contribution in [0.1, 0.15) is 25.3 Å². The molecule has 1 rings (SSSR count). The van der Waals surface area contributed by atoms with Gasteiger partial charge in [0, 0.05) is 0 Å². The Labute approximate surface area is 106 Å². The summed E-state index contributed by atoms with van der Waals surface area (Å²) in [5.74, 6) is 0. The summed E-state index contributed by atoms with van der Waals surface area (Å²) in [6, 6.07) is 9.35. The SMILES string of the molecule is CCCC(N=C=O)NC(=O)OCc1ccccc1. The van der Waals surface area contributed by atoms with E-state index in [2.05, 4.69) is 10.3 Å². The summed E-state index contributed by atoms with van der Waals surface area (Å²) >= 11 is 0. The second-order valence-corrected chi connectivity index (χ2v) is 3.73. The predicted octanol–water partition coefficient (Wildman–Crippen LogP) is 2.37. The molecule has 0 saturated carbocycles. The number of nitrogens with zero attached hydrogens (tertiary/aromatic N) is 1. The summed E-state index contributed by atoms with van der Waals surface area (Å²) < 4.78 is 5.01. The van der Waals surface area contributed by atoms with Gasteiger partial charge in [-0.15, -0.1) is 0 Å². The molecule has 1 N–H and O–H groups in total. The molecule has 18 heavy (non-hydrogen) atoms. The molecule has 5 nitrogen and oxygen atoms in total. The number of isocyanates is 1. The van der Waals surface area contributed by atoms with Crippen LogP contribution in [0.2, 0.25) is 0 Å². The maximum absolute atomic E-state index is 11.5. The van der Waals surface area contributed by atoms with Crippen LogP contribution in [-0.2, 0) is 16.1 Å². The van der Waals surface area contributed by atoms with Crippen LogP contribution in [0.4, 0.5) is 4.79 Å². The number of carbonyl (C=O) groups excluding carboxylic acids is 2. The molecule has 0 saturated heterocycles. The number of aliphatic imine (C=N–C) groups is 1. The number of alkyl carbamates (subject to hydrolysis) is 1. The number of amides is 1. The van der Waals surface area contributed by atoms with Gasteiger partial charge in [-0.3, -0.25) is 5.32 Å². The van der Waals surface area contributed by atoms with Crippen molar-refractivity contribution in [1.29, 1.82) is 0 Å². The lowest BCUT2D eigenvalue weighted by Gasteiger charge is -2.12. The van der Waals surface area contributed by atoms with E-state index in [0.717, 1.165) is 12.0 Å². The van der Waals surface area contributed by atoms with Crippen molar-refractivity contribution in [2.75, 3.05) is 0 Å². The molecule has 1 unspecified atom stereocenters. The maximum Gasteiger partial charge on any atom is 0.409 e. The summed E-state index contributed by atoms with van der Waals surface area (Å²) in [6.45, 7) is 2.13. The van der Waals surface area contributed by atoms with Gasteiger partial charge < -0.3 is 4.74 Å². The van der Waals surface area contributed by atoms with Crippen LogP contribution in [0.3, 0.4) is 0 Å². The van der Waals surface area contributed by atoms with Gasteiger partial charge in [0.15, 0.2) is 0 Å². The van der Waals surface area contributed by atoms with Gasteiger partial charge in [0.05, 0.1) is 0 Å². The molecule has 0 radical (unpaired) electrons. The zero-order valence-corrected chi connectivity index (χ0v) is 10.3. The standard InChI is InChI=1S/C13H16N2O3/c1-2-6-12(14-10-16)15-13(17)18-9-11-7-4-3-5-8-11/h3-5,7-8,12H,2,6,9H2,1H3,(H,15,17). The van der Waals surface area contributed by atoms with Gasteiger partial charge in [-0.1, -0.05) is 43.7 Å². The van der Waals surface area contributed by atoms with E-state index in [-0.39, 0.29) is 6.61 Å². The normalized spacial score (nSPS) is 11.2. The Morgan fingerprint density at radius 2 is 2.17 bits per heavy atom. The van der Waals surface area contributed by atoms with Crippen LogP contribution < -0.4 is 5.32 Å². The topological polar surface area (TPSA) is 67.8 Å². The molecule has 1 amide bonds. The van der Waals surface area contributed by atoms with E-state index in [4.69, 9.17) is 4.74 Å². The third-order valence-corrected chi connectivity index (χ3v) is 2.27. The first-order valence-electron chi connectivity index (χ1n) is 5.80. The van der Waals surface area contributed by atoms with Crippen molar-refractivity contribution in [3.05, 3.63) is 35.9 Å². The van der Waals surface area contributed by atoms with E-state index < -0.39 is 12.3 Å². The molecule has 5 heteroatoms. The van der Waals surface area contributed by atoms with Gasteiger partial charge in [0.25, 0.3) is 0 Å². The zero-order chi connectivity index (χ0) is 13.2. The monoisotopic (exact) mass is 248 g/mol. The fourth-order valence-electron chi connectivity index (χ4n) is 1.41. The van der Waals surface area contributed by atoms with E-state index >= 15 is 0 Å². The minimum absolute atomic E-state index is 0.191. The molecule has 1 aromatic carbocycles. The summed E-state index contributed by atoms with van der Waals surface area (Å²) in [4.78, 5) is 25.1. The first-order valence-corrected chi connectivity index (χ1v) is 5.80. The van der Waals surface area contributed by atoms with Gasteiger partial charge in [-0.25, -0.2) is 9.59 Å². The number of benzene rings is 1. The van der Waals surface area contributed by atoms with Crippen molar-refractivity contribution in [2.24, 2.45) is 4.99 Å². The average molecular weight is 248 g/mol. The molecule has 0 aliphatic heterocycles. The third-order valence-electron chi connectivity index (χ3n) is 2.27. The Kier molecular flexibility index (Phi) is 6.22. The van der Waals surface area contributed by atoms with Crippen LogP contribution in [0.25, 0.3) is 0 Å². The zero-order valence-electron chi connectivity index (χ0n) is 10.3. The molecular formula is C13H16N2O3. The Morgan fingerprint density at radius 3 is 2.78 bits per heavy atom. The minimum Gasteiger partial charge on any atom is -0.445 e. The van der Waals surface area contributed by atoms with Crippen LogP contribution in [0.5, 0.6) is 0 Å². The van der Waals surface area contributed by atoms with Crippen molar-refractivity contribution in [3.8, 4) is 0 Å². The molecule has 1 atom stereocenters. The highest BCUT2D eigenvalue weighted by molar-refractivity contribution is 5.67. The molecule has 0 aliphatic rings. The van der Waals surface area contributed by atoms with Crippen LogP contribution in [0, 0.1) is 0 Å². The van der Waals surface area contributed by atoms with Crippen molar-refractivity contribution in [3.63, 3.8) is 0 Å². The lowest BCUT2D eigenvalue weighted by atomic mass is 10.2. The molecule has 0 spiro atoms. The van der Waals surface area contributed by atoms with Gasteiger partial charge >= 0.3 is 6.09 Å². The summed E-state index contributed by atoms with van der Waals surface area (Å²) in [5, 5.41) is 2.50. The molecule has 0 aliphatic carbocycles. The number of carbonyl (C=O) groups is 1. The minimum atomic E-state index is -0.587. The van der Waals surface area contributed by atoms with Crippen molar-refractivity contribution in [2.45, 2.75) is 32.5 Å². The van der Waals surface area contributed by atoms with E-state index in [0.29, 0.717) is 6.42 Å². The maximum atomic E-state index is 11.5. The van der Waals surface area contributed by atoms with E-state index in [1.54, 1.807) is 0 Å². The highest BCUT2D eigenvalue weighted by Gasteiger charge is 2.10. The fraction of sp³-hybridized carbons (Fsp3) is 0.385. The summed E-state index contributed by atoms with van der Waals surface area (Å²) in [6.07, 6.45) is 1.67. The van der Waals surface area contributed by atoms with Crippen molar-refractivity contribution in [1.82, 2.24) is 5.32 Å². The largest absolute Gasteiger partial charge is 0.445 e. The van der Waals surface area contributed by atoms with Crippen molar-refractivity contribution < 1.29 is 14.3 Å². The highest BCUT2D eigenvalue weighted by atomic mass is 16.5. The third kappa shape index (κ3) is 5.27. The Balaban J connectivity index is 2.38. The molecule has 0 aromatic heterocycles. The fourth-order valence-corrected chi connectivity index (χ4v) is 1.41. The first-order chi connectivity index (χ1) is 8.76. The predicted molar refractivity (Wildman–Crippen MR) is 66.6 cm³/mol. The van der Waals surface area contributed by atoms with Crippen LogP contribution in [0.15, 0.2) is 35.3 Å². The second-order valence-electron chi connectivity index (χ2n) is 3.73. The number of rotatable bonds is 6. The van der Waals surface area contributed by atoms with Gasteiger partial charge in [-0.2, -0.15) is 4.99 Å². The first kappa shape index (κ1) is 13.9. The summed E-state index contributed by atoms with van der Waals surface area (Å²) in [5.41, 5.74) is 0.901. The van der Waals surface area contributed by atoms with E-state index in [1.807, 2.05) is 37.3 Å². The van der Waals surface area contributed by atoms with Gasteiger partial charge in [-0.05, 0) is 12.0 Å². The Hall–Kier alpha value is -2.13. The smallest absolute Gasteiger partial charge is 0.409 e. The second kappa shape index (κ2) is 8.03. The molecule has 0 bridgehead atoms. The van der Waals surface area contributed by atoms with Gasteiger partial charge in [0.2, 0.25) is 6.08 Å². The number of ether oxygens (including phenoxy) is 1. The average Bonchev–Trinajstić information content (AvgIpc) is 2.38.